The van der Waals surface area contributed by atoms with E-state index >= 15 is 0 Å². The van der Waals surface area contributed by atoms with Crippen molar-refractivity contribution in [3.05, 3.63) is 249 Å². The van der Waals surface area contributed by atoms with Gasteiger partial charge in [-0.15, -0.1) is 0 Å². The molecule has 8 aromatic rings. The molecule has 0 bridgehead atoms. The van der Waals surface area contributed by atoms with Crippen LogP contribution < -0.4 is 28.4 Å². The van der Waals surface area contributed by atoms with E-state index in [4.69, 9.17) is 28.4 Å². The third-order valence-electron chi connectivity index (χ3n) is 18.4. The number of methoxy groups -OCH3 is 3. The number of carbonyl (C=O) groups is 3. The van der Waals surface area contributed by atoms with E-state index in [1.165, 1.54) is 82.0 Å². The second kappa shape index (κ2) is 25.1. The average Bonchev–Trinajstić information content (AvgIpc) is 1.54. The van der Waals surface area contributed by atoms with Gasteiger partial charge in [-0.1, -0.05) is 192 Å². The maximum atomic E-state index is 11.5. The van der Waals surface area contributed by atoms with Crippen molar-refractivity contribution < 1.29 is 42.8 Å². The van der Waals surface area contributed by atoms with Gasteiger partial charge in [0.25, 0.3) is 0 Å². The second-order valence-corrected chi connectivity index (χ2v) is 26.8. The Morgan fingerprint density at radius 3 is 0.874 bits per heavy atom. The van der Waals surface area contributed by atoms with Crippen molar-refractivity contribution in [2.75, 3.05) is 21.3 Å². The van der Waals surface area contributed by atoms with Crippen LogP contribution in [0.4, 0.5) is 0 Å². The van der Waals surface area contributed by atoms with Crippen LogP contribution in [-0.2, 0) is 52.3 Å². The lowest BCUT2D eigenvalue weighted by molar-refractivity contribution is -0.132. The van der Waals surface area contributed by atoms with Gasteiger partial charge in [-0.25, -0.2) is 0 Å². The van der Waals surface area contributed by atoms with Crippen LogP contribution in [0.3, 0.4) is 0 Å². The Hall–Kier alpha value is -8.43. The summed E-state index contributed by atoms with van der Waals surface area (Å²) in [5, 5.41) is 0. The molecule has 1 atom stereocenters. The van der Waals surface area contributed by atoms with Crippen LogP contribution >= 0.6 is 0 Å². The molecule has 1 spiro atoms. The van der Waals surface area contributed by atoms with Gasteiger partial charge in [-0.2, -0.15) is 0 Å². The predicted octanol–water partition coefficient (Wildman–Crippen LogP) is 17.8. The van der Waals surface area contributed by atoms with E-state index < -0.39 is 0 Å². The minimum atomic E-state index is -0.310. The van der Waals surface area contributed by atoms with Crippen molar-refractivity contribution in [3.63, 3.8) is 0 Å². The number of hydrogen-bond donors (Lipinski definition) is 0. The highest BCUT2D eigenvalue weighted by molar-refractivity contribution is 5.71. The molecule has 87 heavy (non-hydrogen) atoms. The standard InChI is InChI=1S/2C27H30O3.C24H28O3/c1-19(28)30-25-17-13-23(14-18-25)27(4,5)21-9-7-20(8-10-21)26(2,3)22-11-15-24(29-6)16-12-22;1-19(28)30-25-16-12-21(13-17-25)27(4,5)23-9-7-8-22(18-23)26(2,3)20-10-14-24(29-6)15-11-20;1-15(25)27-17-8-10-19-21(12-17)24(14-23(19,4)5)13-22(2,3)18-9-7-16(26-6)11-20(18)24/h2*7-18H,1-6H3;7-12H,13-14H2,1-6H3. The lowest BCUT2D eigenvalue weighted by atomic mass is 9.72. The summed E-state index contributed by atoms with van der Waals surface area (Å²) in [5.41, 5.74) is 14.7. The monoisotopic (exact) mass is 1170 g/mol. The molecular weight excluding hydrogens is 1080 g/mol. The van der Waals surface area contributed by atoms with Gasteiger partial charge in [0, 0.05) is 47.8 Å². The summed E-state index contributed by atoms with van der Waals surface area (Å²) in [6.07, 6.45) is 2.09. The van der Waals surface area contributed by atoms with Crippen molar-refractivity contribution in [1.82, 2.24) is 0 Å². The summed E-state index contributed by atoms with van der Waals surface area (Å²) in [7, 11) is 5.09. The molecule has 0 N–H and O–H groups in total. The van der Waals surface area contributed by atoms with E-state index in [1.807, 2.05) is 78.9 Å². The maximum Gasteiger partial charge on any atom is 0.308 e. The Kier molecular flexibility index (Phi) is 18.6. The van der Waals surface area contributed by atoms with E-state index in [-0.39, 0.29) is 55.8 Å². The van der Waals surface area contributed by atoms with Gasteiger partial charge in [0.2, 0.25) is 0 Å². The summed E-state index contributed by atoms with van der Waals surface area (Å²) in [6.45, 7) is 31.4. The first kappa shape index (κ1) is 64.6. The van der Waals surface area contributed by atoms with Gasteiger partial charge in [-0.3, -0.25) is 14.4 Å². The second-order valence-electron chi connectivity index (χ2n) is 26.8. The van der Waals surface area contributed by atoms with Crippen LogP contribution in [0.5, 0.6) is 34.5 Å². The molecule has 9 nitrogen and oxygen atoms in total. The van der Waals surface area contributed by atoms with Gasteiger partial charge >= 0.3 is 17.9 Å². The van der Waals surface area contributed by atoms with E-state index in [1.54, 1.807) is 21.3 Å². The van der Waals surface area contributed by atoms with E-state index in [9.17, 15) is 14.4 Å². The topological polar surface area (TPSA) is 107 Å². The van der Waals surface area contributed by atoms with Crippen LogP contribution in [0.25, 0.3) is 0 Å². The average molecular weight is 1170 g/mol. The lowest BCUT2D eigenvalue weighted by Gasteiger charge is -2.31. The highest BCUT2D eigenvalue weighted by atomic mass is 16.5. The Bertz CT molecular complexity index is 3730. The van der Waals surface area contributed by atoms with Gasteiger partial charge in [0.1, 0.15) is 34.5 Å². The molecule has 8 aromatic carbocycles. The third-order valence-corrected chi connectivity index (χ3v) is 18.4. The first-order chi connectivity index (χ1) is 40.9. The number of carbonyl (C=O) groups excluding carboxylic acids is 3. The quantitative estimate of drug-likeness (QED) is 0.0777. The maximum absolute atomic E-state index is 11.5. The SMILES string of the molecule is COc1ccc(C(C)(C)c2ccc(C(C)(C)c3ccc(OC(C)=O)cc3)cc2)cc1.COc1ccc(C(C)(C)c2cccc(C(C)(C)c3ccc(OC(C)=O)cc3)c2)cc1.COc1ccc2c(c1)C1(CC2(C)C)CC(C)(C)c2ccc(OC(C)=O)cc21. The minimum Gasteiger partial charge on any atom is -0.497 e. The van der Waals surface area contributed by atoms with Gasteiger partial charge in [0.05, 0.1) is 21.3 Å². The van der Waals surface area contributed by atoms with Crippen LogP contribution in [-0.4, -0.2) is 39.2 Å². The zero-order valence-corrected chi connectivity index (χ0v) is 54.4. The highest BCUT2D eigenvalue weighted by Gasteiger charge is 2.56. The van der Waals surface area contributed by atoms with Crippen LogP contribution in [0.15, 0.2) is 182 Å². The van der Waals surface area contributed by atoms with Gasteiger partial charge in [0.15, 0.2) is 0 Å². The summed E-state index contributed by atoms with van der Waals surface area (Å²) < 4.78 is 31.9. The molecule has 0 heterocycles. The van der Waals surface area contributed by atoms with Crippen molar-refractivity contribution >= 4 is 17.9 Å². The molecule has 2 aliphatic carbocycles. The molecule has 0 radical (unpaired) electrons. The smallest absolute Gasteiger partial charge is 0.308 e. The summed E-state index contributed by atoms with van der Waals surface area (Å²) in [6, 6.07) is 62.3. The zero-order chi connectivity index (χ0) is 63.5. The van der Waals surface area contributed by atoms with E-state index in [0.29, 0.717) is 17.2 Å². The summed E-state index contributed by atoms with van der Waals surface area (Å²) >= 11 is 0. The molecule has 2 aliphatic rings. The van der Waals surface area contributed by atoms with Crippen molar-refractivity contribution in [2.45, 2.75) is 155 Å². The van der Waals surface area contributed by atoms with Crippen molar-refractivity contribution in [3.8, 4) is 34.5 Å². The molecule has 454 valence electrons. The van der Waals surface area contributed by atoms with Crippen molar-refractivity contribution in [1.29, 1.82) is 0 Å². The lowest BCUT2D eigenvalue weighted by Crippen LogP contribution is -2.27. The summed E-state index contributed by atoms with van der Waals surface area (Å²) in [5.74, 6) is 3.49. The highest BCUT2D eigenvalue weighted by Crippen LogP contribution is 2.63. The van der Waals surface area contributed by atoms with E-state index in [0.717, 1.165) is 35.7 Å². The molecule has 0 amide bonds. The molecule has 0 saturated carbocycles. The van der Waals surface area contributed by atoms with Crippen LogP contribution in [0.1, 0.15) is 183 Å². The third kappa shape index (κ3) is 13.7. The fourth-order valence-electron chi connectivity index (χ4n) is 13.2. The Morgan fingerprint density at radius 1 is 0.310 bits per heavy atom. The van der Waals surface area contributed by atoms with Gasteiger partial charge < -0.3 is 28.4 Å². The fraction of sp³-hybridized carbons (Fsp3) is 0.346. The molecule has 0 aliphatic heterocycles. The number of ether oxygens (including phenoxy) is 6. The predicted molar refractivity (Wildman–Crippen MR) is 350 cm³/mol. The Morgan fingerprint density at radius 2 is 0.563 bits per heavy atom. The number of benzene rings is 8. The zero-order valence-electron chi connectivity index (χ0n) is 54.4. The minimum absolute atomic E-state index is 0.0604. The van der Waals surface area contributed by atoms with Crippen LogP contribution in [0.2, 0.25) is 0 Å². The Balaban J connectivity index is 0.000000169. The first-order valence-electron chi connectivity index (χ1n) is 30.0. The molecule has 9 heteroatoms. The van der Waals surface area contributed by atoms with Crippen molar-refractivity contribution in [2.24, 2.45) is 0 Å². The van der Waals surface area contributed by atoms with Gasteiger partial charge in [-0.05, 0) is 163 Å². The largest absolute Gasteiger partial charge is 0.497 e. The normalized spacial score (nSPS) is 15.5. The molecular formula is C78H88O9. The number of hydrogen-bond acceptors (Lipinski definition) is 9. The summed E-state index contributed by atoms with van der Waals surface area (Å²) in [4.78, 5) is 33.8. The first-order valence-corrected chi connectivity index (χ1v) is 30.0. The number of rotatable bonds is 14. The fourth-order valence-corrected chi connectivity index (χ4v) is 13.2. The van der Waals surface area contributed by atoms with E-state index in [2.05, 4.69) is 186 Å². The number of fused-ring (bicyclic) bond motifs is 4. The number of esters is 3. The molecule has 1 unspecified atom stereocenters. The molecule has 10 rings (SSSR count). The molecule has 0 aromatic heterocycles. The molecule has 0 saturated heterocycles. The van der Waals surface area contributed by atoms with Crippen LogP contribution in [0, 0.1) is 0 Å². The molecule has 0 fully saturated rings. The Labute approximate surface area is 517 Å².